The van der Waals surface area contributed by atoms with E-state index in [0.29, 0.717) is 10.8 Å². The van der Waals surface area contributed by atoms with E-state index in [9.17, 15) is 0 Å². The van der Waals surface area contributed by atoms with Gasteiger partial charge in [-0.1, -0.05) is 68.2 Å². The molecular formula is C22H44. The second-order valence-corrected chi connectivity index (χ2v) is 9.69. The minimum Gasteiger partial charge on any atom is -0.0683 e. The lowest BCUT2D eigenvalue weighted by Crippen LogP contribution is -2.38. The Hall–Kier alpha value is 0. The molecule has 2 saturated carbocycles. The highest BCUT2D eigenvalue weighted by molar-refractivity contribution is 4.91. The maximum atomic E-state index is 2.59. The summed E-state index contributed by atoms with van der Waals surface area (Å²) in [5, 5.41) is 0. The first kappa shape index (κ1) is 20.0. The van der Waals surface area contributed by atoms with E-state index >= 15 is 0 Å². The Morgan fingerprint density at radius 1 is 0.545 bits per heavy atom. The number of hydrogen-bond donors (Lipinski definition) is 0. The Bertz CT molecular complexity index is 290. The van der Waals surface area contributed by atoms with E-state index in [0.717, 1.165) is 23.7 Å². The van der Waals surface area contributed by atoms with E-state index in [1.165, 1.54) is 51.4 Å². The van der Waals surface area contributed by atoms with Crippen molar-refractivity contribution in [3.8, 4) is 0 Å². The Morgan fingerprint density at radius 3 is 1.23 bits per heavy atom. The quantitative estimate of drug-likeness (QED) is 0.490. The van der Waals surface area contributed by atoms with E-state index in [1.54, 1.807) is 0 Å². The van der Waals surface area contributed by atoms with Gasteiger partial charge >= 0.3 is 0 Å². The molecule has 0 atom stereocenters. The van der Waals surface area contributed by atoms with Gasteiger partial charge in [0.1, 0.15) is 0 Å². The molecular weight excluding hydrogens is 264 g/mol. The monoisotopic (exact) mass is 308 g/mol. The van der Waals surface area contributed by atoms with E-state index < -0.39 is 0 Å². The third-order valence-corrected chi connectivity index (χ3v) is 7.07. The van der Waals surface area contributed by atoms with Crippen molar-refractivity contribution < 1.29 is 0 Å². The third-order valence-electron chi connectivity index (χ3n) is 7.07. The van der Waals surface area contributed by atoms with Gasteiger partial charge in [0.2, 0.25) is 0 Å². The van der Waals surface area contributed by atoms with Crippen molar-refractivity contribution in [3.05, 3.63) is 0 Å². The summed E-state index contributed by atoms with van der Waals surface area (Å²) in [4.78, 5) is 0. The molecule has 0 bridgehead atoms. The van der Waals surface area contributed by atoms with Crippen molar-refractivity contribution >= 4 is 0 Å². The summed E-state index contributed by atoms with van der Waals surface area (Å²) < 4.78 is 0. The molecule has 2 aliphatic carbocycles. The molecule has 0 spiro atoms. The highest BCUT2D eigenvalue weighted by Crippen LogP contribution is 2.51. The molecule has 2 rings (SSSR count). The molecule has 2 aliphatic rings. The van der Waals surface area contributed by atoms with Crippen molar-refractivity contribution in [2.24, 2.45) is 34.5 Å². The van der Waals surface area contributed by atoms with Crippen LogP contribution in [0.2, 0.25) is 0 Å². The molecule has 0 saturated heterocycles. The summed E-state index contributed by atoms with van der Waals surface area (Å²) >= 11 is 0. The summed E-state index contributed by atoms with van der Waals surface area (Å²) in [5.41, 5.74) is 1.11. The summed E-state index contributed by atoms with van der Waals surface area (Å²) in [5.74, 6) is 3.92. The van der Waals surface area contributed by atoms with Crippen LogP contribution in [-0.2, 0) is 0 Å². The second kappa shape index (κ2) is 8.20. The summed E-state index contributed by atoms with van der Waals surface area (Å²) in [6.45, 7) is 18.9. The maximum Gasteiger partial charge on any atom is -0.0298 e. The predicted molar refractivity (Wildman–Crippen MR) is 101 cm³/mol. The first-order valence-electron chi connectivity index (χ1n) is 10.2. The minimum atomic E-state index is 0.523. The molecule has 2 fully saturated rings. The molecule has 132 valence electrons. The zero-order valence-electron chi connectivity index (χ0n) is 17.0. The standard InChI is InChI=1S/C20H38.C2H6/c1-15-7-9-17(10-8-15)20(5,6)18-13-11-16(12-14-18)19(2,3)4;1-2/h15-18H,7-14H2,1-6H3;1-2H3. The van der Waals surface area contributed by atoms with Gasteiger partial charge in [-0.25, -0.2) is 0 Å². The SMILES string of the molecule is CC.CC1CCC(C(C)(C)C2CCC(C(C)(C)C)CC2)CC1. The first-order chi connectivity index (χ1) is 10.2. The highest BCUT2D eigenvalue weighted by Gasteiger charge is 2.41. The summed E-state index contributed by atoms with van der Waals surface area (Å²) in [6.07, 6.45) is 11.9. The number of hydrogen-bond acceptors (Lipinski definition) is 0. The topological polar surface area (TPSA) is 0 Å². The van der Waals surface area contributed by atoms with Crippen LogP contribution < -0.4 is 0 Å². The van der Waals surface area contributed by atoms with Crippen LogP contribution >= 0.6 is 0 Å². The summed E-state index contributed by atoms with van der Waals surface area (Å²) in [6, 6.07) is 0. The molecule has 0 aliphatic heterocycles. The lowest BCUT2D eigenvalue weighted by molar-refractivity contribution is 0.0252. The normalized spacial score (nSPS) is 33.8. The van der Waals surface area contributed by atoms with Crippen molar-refractivity contribution in [2.45, 2.75) is 107 Å². The van der Waals surface area contributed by atoms with Crippen LogP contribution in [0.5, 0.6) is 0 Å². The molecule has 0 amide bonds. The Kier molecular flexibility index (Phi) is 7.47. The summed E-state index contributed by atoms with van der Waals surface area (Å²) in [7, 11) is 0. The largest absolute Gasteiger partial charge is 0.0683 e. The molecule has 0 nitrogen and oxygen atoms in total. The molecule has 0 aromatic rings. The van der Waals surface area contributed by atoms with E-state index in [4.69, 9.17) is 0 Å². The number of rotatable bonds is 2. The lowest BCUT2D eigenvalue weighted by Gasteiger charge is -2.48. The van der Waals surface area contributed by atoms with Crippen LogP contribution in [0.1, 0.15) is 107 Å². The fourth-order valence-corrected chi connectivity index (χ4v) is 5.04. The molecule has 0 unspecified atom stereocenters. The molecule has 0 N–H and O–H groups in total. The highest BCUT2D eigenvalue weighted by atomic mass is 14.5. The van der Waals surface area contributed by atoms with Crippen molar-refractivity contribution in [1.29, 1.82) is 0 Å². The van der Waals surface area contributed by atoms with Gasteiger partial charge in [-0.2, -0.15) is 0 Å². The van der Waals surface area contributed by atoms with Gasteiger partial charge in [0, 0.05) is 0 Å². The Labute approximate surface area is 141 Å². The fraction of sp³-hybridized carbons (Fsp3) is 1.00. The third kappa shape index (κ3) is 5.00. The molecule has 0 aromatic carbocycles. The molecule has 0 aromatic heterocycles. The Balaban J connectivity index is 0.00000116. The van der Waals surface area contributed by atoms with Crippen LogP contribution in [0.25, 0.3) is 0 Å². The molecule has 0 radical (unpaired) electrons. The van der Waals surface area contributed by atoms with Gasteiger partial charge in [0.15, 0.2) is 0 Å². The maximum absolute atomic E-state index is 2.59. The van der Waals surface area contributed by atoms with Gasteiger partial charge < -0.3 is 0 Å². The van der Waals surface area contributed by atoms with Crippen LogP contribution in [-0.4, -0.2) is 0 Å². The van der Waals surface area contributed by atoms with E-state index in [2.05, 4.69) is 41.5 Å². The van der Waals surface area contributed by atoms with Crippen molar-refractivity contribution in [2.75, 3.05) is 0 Å². The fourth-order valence-electron chi connectivity index (χ4n) is 5.04. The molecule has 0 heteroatoms. The van der Waals surface area contributed by atoms with Gasteiger partial charge in [0.25, 0.3) is 0 Å². The molecule has 0 heterocycles. The van der Waals surface area contributed by atoms with Crippen LogP contribution in [0.15, 0.2) is 0 Å². The van der Waals surface area contributed by atoms with Gasteiger partial charge in [-0.05, 0) is 73.0 Å². The smallest absolute Gasteiger partial charge is 0.0298 e. The minimum absolute atomic E-state index is 0.523. The van der Waals surface area contributed by atoms with E-state index in [1.807, 2.05) is 13.8 Å². The first-order valence-corrected chi connectivity index (χ1v) is 10.2. The van der Waals surface area contributed by atoms with Crippen LogP contribution in [0.3, 0.4) is 0 Å². The van der Waals surface area contributed by atoms with Crippen LogP contribution in [0.4, 0.5) is 0 Å². The van der Waals surface area contributed by atoms with E-state index in [-0.39, 0.29) is 0 Å². The average Bonchev–Trinajstić information content (AvgIpc) is 2.49. The average molecular weight is 309 g/mol. The molecule has 22 heavy (non-hydrogen) atoms. The van der Waals surface area contributed by atoms with Gasteiger partial charge in [-0.15, -0.1) is 0 Å². The zero-order valence-corrected chi connectivity index (χ0v) is 17.0. The second-order valence-electron chi connectivity index (χ2n) is 9.69. The van der Waals surface area contributed by atoms with Gasteiger partial charge in [-0.3, -0.25) is 0 Å². The van der Waals surface area contributed by atoms with Crippen LogP contribution in [0, 0.1) is 34.5 Å². The van der Waals surface area contributed by atoms with Crippen molar-refractivity contribution in [3.63, 3.8) is 0 Å². The van der Waals surface area contributed by atoms with Crippen molar-refractivity contribution in [1.82, 2.24) is 0 Å². The Morgan fingerprint density at radius 2 is 0.864 bits per heavy atom. The lowest BCUT2D eigenvalue weighted by atomic mass is 9.58. The van der Waals surface area contributed by atoms with Gasteiger partial charge in [0.05, 0.1) is 0 Å². The zero-order chi connectivity index (χ0) is 17.0. The predicted octanol–water partition coefficient (Wildman–Crippen LogP) is 7.72.